The molecule has 2 heterocycles. The van der Waals surface area contributed by atoms with E-state index in [2.05, 4.69) is 14.9 Å². The molecule has 378 valence electrons. The van der Waals surface area contributed by atoms with Gasteiger partial charge < -0.3 is 30.9 Å². The van der Waals surface area contributed by atoms with Gasteiger partial charge in [-0.1, -0.05) is 30.6 Å². The van der Waals surface area contributed by atoms with Crippen molar-refractivity contribution in [1.82, 2.24) is 19.4 Å². The van der Waals surface area contributed by atoms with Crippen molar-refractivity contribution in [3.8, 4) is 51.1 Å². The number of hydrogen-bond donors (Lipinski definition) is 3. The Labute approximate surface area is 535 Å². The van der Waals surface area contributed by atoms with Crippen LogP contribution in [0.2, 0.25) is 10.0 Å². The molecule has 0 unspecified atom stereocenters. The second-order valence-electron chi connectivity index (χ2n) is 12.9. The number of nitrogens with zero attached hydrogens (tertiary/aromatic N) is 2. The minimum Gasteiger partial charge on any atom is -1.00 e. The summed E-state index contributed by atoms with van der Waals surface area (Å²) < 4.78 is 157. The van der Waals surface area contributed by atoms with Crippen molar-refractivity contribution in [2.45, 2.75) is 7.43 Å². The number of amides is 2. The normalized spacial score (nSPS) is 10.2. The number of rotatable bonds is 11. The number of hydrogen-bond acceptors (Lipinski definition) is 15. The van der Waals surface area contributed by atoms with Crippen LogP contribution in [-0.4, -0.2) is 76.9 Å². The van der Waals surface area contributed by atoms with Crippen LogP contribution in [0.4, 0.5) is 30.7 Å². The van der Waals surface area contributed by atoms with Crippen LogP contribution in [0.15, 0.2) is 85.2 Å². The van der Waals surface area contributed by atoms with E-state index in [9.17, 15) is 57.2 Å². The van der Waals surface area contributed by atoms with Gasteiger partial charge in [0.05, 0.1) is 42.9 Å². The fourth-order valence-corrected chi connectivity index (χ4v) is 6.32. The van der Waals surface area contributed by atoms with Crippen molar-refractivity contribution < 1.29 is 231 Å². The molecule has 0 radical (unpaired) electrons. The van der Waals surface area contributed by atoms with E-state index in [0.29, 0.717) is 0 Å². The zero-order valence-corrected chi connectivity index (χ0v) is 52.8. The number of methoxy groups -OCH3 is 2. The number of aromatic nitrogens is 2. The molecule has 0 bridgehead atoms. The van der Waals surface area contributed by atoms with Crippen molar-refractivity contribution in [1.29, 1.82) is 0 Å². The molecule has 72 heavy (non-hydrogen) atoms. The molecule has 0 aliphatic rings. The maximum atomic E-state index is 14.6. The summed E-state index contributed by atoms with van der Waals surface area (Å²) in [5.74, 6) is -9.49. The van der Waals surface area contributed by atoms with Crippen molar-refractivity contribution in [2.75, 3.05) is 26.7 Å². The summed E-state index contributed by atoms with van der Waals surface area (Å²) in [6.07, 6.45) is 3.85. The van der Waals surface area contributed by atoms with Gasteiger partial charge in [0, 0.05) is 46.8 Å². The number of sulfonamides is 2. The van der Waals surface area contributed by atoms with Gasteiger partial charge in [0.15, 0.2) is 23.1 Å². The van der Waals surface area contributed by atoms with Gasteiger partial charge in [-0.15, -0.1) is 0 Å². The average molecular weight is 1340 g/mol. The second-order valence-corrected chi connectivity index (χ2v) is 17.3. The van der Waals surface area contributed by atoms with Crippen LogP contribution in [0, 0.1) is 40.9 Å². The molecule has 6 rings (SSSR count). The van der Waals surface area contributed by atoms with Crippen LogP contribution in [0.25, 0.3) is 22.3 Å². The largest absolute Gasteiger partial charge is 1.00 e. The first-order valence-electron chi connectivity index (χ1n) is 18.0. The predicted octanol–water partition coefficient (Wildman–Crippen LogP) is 1.55. The second kappa shape index (κ2) is 31.7. The van der Waals surface area contributed by atoms with E-state index >= 15 is 0 Å². The Bertz CT molecular complexity index is 3130. The van der Waals surface area contributed by atoms with E-state index in [1.165, 1.54) is 32.5 Å². The quantitative estimate of drug-likeness (QED) is 0.0548. The molecule has 0 fully saturated rings. The fourth-order valence-electron chi connectivity index (χ4n) is 5.05. The Balaban J connectivity index is 0. The van der Waals surface area contributed by atoms with Crippen molar-refractivity contribution in [2.24, 2.45) is 0 Å². The number of aromatic hydroxyl groups is 1. The number of ether oxygens (including phenoxy) is 3. The SMILES string of the molecule is C.COc1cc(C(=O)NS(C)(=O)=O)c(F)cc1-c1cnc(F)c(Cl)c1.COc1cc(C(=O)NS(C)(=O)=O)c(F)cc1-c1cnc(Oc2cc(F)ccc2F)c(Cl)c1.O=CO[O-].Oc1cc(F)ccc1F.[Cs+].[Cs+].[H-]. The Hall–Kier alpha value is -3.16. The first-order chi connectivity index (χ1) is 32.2. The van der Waals surface area contributed by atoms with Crippen LogP contribution in [-0.2, 0) is 29.7 Å². The number of nitrogens with one attached hydrogen (secondary N) is 2. The molecule has 0 aliphatic carbocycles. The third-order valence-corrected chi connectivity index (χ3v) is 9.55. The molecule has 2 aromatic heterocycles. The summed E-state index contributed by atoms with van der Waals surface area (Å²) in [7, 11) is -5.24. The number of benzene rings is 4. The van der Waals surface area contributed by atoms with Crippen molar-refractivity contribution in [3.63, 3.8) is 0 Å². The molecule has 4 aromatic carbocycles. The molecule has 3 N–H and O–H groups in total. The first-order valence-corrected chi connectivity index (χ1v) is 22.5. The Morgan fingerprint density at radius 2 is 1.07 bits per heavy atom. The molecular weight excluding hydrogens is 1300 g/mol. The Morgan fingerprint density at radius 3 is 1.44 bits per heavy atom. The molecule has 0 atom stereocenters. The minimum absolute atomic E-state index is 0. The van der Waals surface area contributed by atoms with E-state index in [4.69, 9.17) is 52.6 Å². The van der Waals surface area contributed by atoms with E-state index < -0.39 is 95.3 Å². The molecule has 0 aliphatic heterocycles. The molecule has 0 saturated heterocycles. The average Bonchev–Trinajstić information content (AvgIpc) is 3.27. The number of carbonyl (C=O) groups excluding carboxylic acids is 3. The molecule has 2 amide bonds. The Kier molecular flexibility index (Phi) is 30.3. The fraction of sp³-hybridized carbons (Fsp3) is 0.119. The molecular formula is C42H35Cl2Cs2F7N4O13S2. The number of carbonyl (C=O) groups is 3. The summed E-state index contributed by atoms with van der Waals surface area (Å²) in [6.45, 7) is -0.181. The summed E-state index contributed by atoms with van der Waals surface area (Å²) in [5, 5.41) is 16.5. The van der Waals surface area contributed by atoms with Crippen LogP contribution in [0.5, 0.6) is 28.9 Å². The van der Waals surface area contributed by atoms with Crippen LogP contribution < -0.4 is 167 Å². The van der Waals surface area contributed by atoms with Gasteiger partial charge in [-0.25, -0.2) is 62.6 Å². The van der Waals surface area contributed by atoms with Crippen LogP contribution >= 0.6 is 23.2 Å². The van der Waals surface area contributed by atoms with Gasteiger partial charge in [0.25, 0.3) is 18.3 Å². The molecule has 6 aromatic rings. The molecule has 0 saturated carbocycles. The number of phenols is 1. The number of phenolic OH excluding ortho intramolecular Hbond substituents is 1. The predicted molar refractivity (Wildman–Crippen MR) is 236 cm³/mol. The monoisotopic (exact) mass is 1340 g/mol. The maximum absolute atomic E-state index is 14.6. The van der Waals surface area contributed by atoms with Gasteiger partial charge >= 0.3 is 138 Å². The third kappa shape index (κ3) is 21.6. The summed E-state index contributed by atoms with van der Waals surface area (Å²) in [5.41, 5.74) is -0.280. The van der Waals surface area contributed by atoms with Gasteiger partial charge in [0.2, 0.25) is 31.9 Å². The standard InChI is InChI=1S/C20H14ClF3N2O5S.C14H11ClF2N2O4S.C6H4F2O.CH2O3.CH4.2Cs.H/c1-30-17-8-13(19(27)26-32(2,28)29)16(24)7-12(17)10-5-14(21)20(25-9-10)31-18-6-11(22)3-4-15(18)23;1-23-12-5-9(14(20)19-24(2,21)22)11(16)4-8(12)7-3-10(15)13(17)18-6-7;7-4-1-2-5(8)6(9)3-4;2-1-4-3;;;;/h3-9H,1-2H3,(H,26,27);3-6H,1-2H3,(H,19,20);1-3,9H;1,3H;1H4;;;/q;;;;;2*+1;-1/p-1. The zero-order valence-electron chi connectivity index (χ0n) is 38.1. The zero-order chi connectivity index (χ0) is 52.0. The third-order valence-electron chi connectivity index (χ3n) is 7.90. The Morgan fingerprint density at radius 1 is 0.653 bits per heavy atom. The number of halogens is 9. The topological polar surface area (TPSA) is 250 Å². The van der Waals surface area contributed by atoms with E-state index in [0.717, 1.165) is 79.4 Å². The van der Waals surface area contributed by atoms with Gasteiger partial charge in [-0.05, 0) is 60.7 Å². The van der Waals surface area contributed by atoms with E-state index in [-0.39, 0.29) is 203 Å². The van der Waals surface area contributed by atoms with Crippen LogP contribution in [0.1, 0.15) is 29.6 Å². The van der Waals surface area contributed by atoms with Crippen LogP contribution in [0.3, 0.4) is 0 Å². The number of pyridine rings is 2. The van der Waals surface area contributed by atoms with Gasteiger partial charge in [-0.2, -0.15) is 4.39 Å². The smallest absolute Gasteiger partial charge is 1.00 e. The minimum atomic E-state index is -3.91. The van der Waals surface area contributed by atoms with Gasteiger partial charge in [-0.3, -0.25) is 14.4 Å². The summed E-state index contributed by atoms with van der Waals surface area (Å²) in [4.78, 5) is 42.5. The summed E-state index contributed by atoms with van der Waals surface area (Å²) >= 11 is 11.8. The van der Waals surface area contributed by atoms with Gasteiger partial charge in [0.1, 0.15) is 39.8 Å². The van der Waals surface area contributed by atoms with E-state index in [1.54, 1.807) is 9.44 Å². The van der Waals surface area contributed by atoms with E-state index in [1.807, 2.05) is 0 Å². The molecule has 17 nitrogen and oxygen atoms in total. The van der Waals surface area contributed by atoms with Crippen molar-refractivity contribution in [3.05, 3.63) is 147 Å². The first kappa shape index (κ1) is 68.8. The van der Waals surface area contributed by atoms with Crippen molar-refractivity contribution >= 4 is 61.5 Å². The molecule has 0 spiro atoms. The maximum Gasteiger partial charge on any atom is 1.00 e. The molecule has 30 heteroatoms. The summed E-state index contributed by atoms with van der Waals surface area (Å²) in [6, 6.07) is 11.6.